The van der Waals surface area contributed by atoms with Crippen LogP contribution in [-0.4, -0.2) is 29.0 Å². The molecular weight excluding hydrogens is 428 g/mol. The Kier molecular flexibility index (Phi) is 6.97. The highest BCUT2D eigenvalue weighted by atomic mass is 32.2. The van der Waals surface area contributed by atoms with Crippen molar-refractivity contribution >= 4 is 37.2 Å². The van der Waals surface area contributed by atoms with Crippen molar-refractivity contribution in [1.29, 1.82) is 0 Å². The molecule has 0 unspecified atom stereocenters. The van der Waals surface area contributed by atoms with Gasteiger partial charge in [0.1, 0.15) is 9.79 Å². The number of rotatable bonds is 8. The monoisotopic (exact) mass is 454 g/mol. The summed E-state index contributed by atoms with van der Waals surface area (Å²) in [6, 6.07) is 8.37. The average molecular weight is 455 g/mol. The molecule has 10 heteroatoms. The van der Waals surface area contributed by atoms with Gasteiger partial charge in [-0.3, -0.25) is 8.37 Å². The van der Waals surface area contributed by atoms with Gasteiger partial charge in [-0.1, -0.05) is 18.7 Å². The molecule has 0 fully saturated rings. The molecular formula is C20H26N2O6S2. The maximum Gasteiger partial charge on any atom is 0.297 e. The summed E-state index contributed by atoms with van der Waals surface area (Å²) < 4.78 is 61.2. The highest BCUT2D eigenvalue weighted by Gasteiger charge is 2.27. The second-order valence-corrected chi connectivity index (χ2v) is 10.3. The molecule has 2 rings (SSSR count). The molecule has 0 heterocycles. The fourth-order valence-corrected chi connectivity index (χ4v) is 5.45. The highest BCUT2D eigenvalue weighted by molar-refractivity contribution is 7.87. The Morgan fingerprint density at radius 3 is 1.40 bits per heavy atom. The lowest BCUT2D eigenvalue weighted by Gasteiger charge is -2.18. The van der Waals surface area contributed by atoms with E-state index in [0.717, 1.165) is 0 Å². The van der Waals surface area contributed by atoms with Gasteiger partial charge in [-0.2, -0.15) is 16.8 Å². The van der Waals surface area contributed by atoms with Crippen molar-refractivity contribution in [3.63, 3.8) is 0 Å². The number of nitrogens with two attached hydrogens (primary N) is 2. The lowest BCUT2D eigenvalue weighted by atomic mass is 9.99. The molecule has 0 aliphatic heterocycles. The number of hydrogen-bond donors (Lipinski definition) is 2. The number of benzene rings is 2. The largest absolute Gasteiger partial charge is 0.399 e. The summed E-state index contributed by atoms with van der Waals surface area (Å²) in [6.45, 7) is 10.2. The van der Waals surface area contributed by atoms with E-state index in [1.54, 1.807) is 27.7 Å². The molecule has 164 valence electrons. The van der Waals surface area contributed by atoms with Gasteiger partial charge in [0.25, 0.3) is 20.2 Å². The minimum atomic E-state index is -4.19. The molecule has 0 aliphatic rings. The van der Waals surface area contributed by atoms with Crippen LogP contribution in [0.4, 0.5) is 11.4 Å². The summed E-state index contributed by atoms with van der Waals surface area (Å²) in [5.41, 5.74) is 12.4. The molecule has 30 heavy (non-hydrogen) atoms. The van der Waals surface area contributed by atoms with Gasteiger partial charge < -0.3 is 11.5 Å². The first-order valence-corrected chi connectivity index (χ1v) is 11.9. The van der Waals surface area contributed by atoms with E-state index in [0.29, 0.717) is 0 Å². The van der Waals surface area contributed by atoms with E-state index < -0.39 is 32.4 Å². The van der Waals surface area contributed by atoms with Gasteiger partial charge in [0.15, 0.2) is 0 Å². The summed E-state index contributed by atoms with van der Waals surface area (Å²) >= 11 is 0. The van der Waals surface area contributed by atoms with Crippen molar-refractivity contribution < 1.29 is 25.2 Å². The normalized spacial score (nSPS) is 12.5. The molecule has 0 bridgehead atoms. The van der Waals surface area contributed by atoms with E-state index in [-0.39, 0.29) is 37.9 Å². The first kappa shape index (κ1) is 23.9. The summed E-state index contributed by atoms with van der Waals surface area (Å²) in [4.78, 5) is -0.433. The van der Waals surface area contributed by atoms with Crippen LogP contribution in [0.1, 0.15) is 38.8 Å². The third-order valence-corrected chi connectivity index (χ3v) is 6.87. The molecule has 4 N–H and O–H groups in total. The molecule has 2 aromatic rings. The summed E-state index contributed by atoms with van der Waals surface area (Å²) in [5, 5.41) is 0. The highest BCUT2D eigenvalue weighted by Crippen LogP contribution is 2.35. The Morgan fingerprint density at radius 2 is 1.10 bits per heavy atom. The van der Waals surface area contributed by atoms with Gasteiger partial charge in [-0.25, -0.2) is 0 Å². The van der Waals surface area contributed by atoms with E-state index in [1.807, 2.05) is 0 Å². The van der Waals surface area contributed by atoms with Crippen LogP contribution >= 0.6 is 0 Å². The second kappa shape index (κ2) is 8.76. The fourth-order valence-electron chi connectivity index (χ4n) is 2.75. The molecule has 0 aliphatic carbocycles. The average Bonchev–Trinajstić information content (AvgIpc) is 2.59. The van der Waals surface area contributed by atoms with Crippen molar-refractivity contribution in [2.24, 2.45) is 0 Å². The molecule has 2 aromatic carbocycles. The van der Waals surface area contributed by atoms with Crippen LogP contribution in [0, 0.1) is 0 Å². The lowest BCUT2D eigenvalue weighted by molar-refractivity contribution is 0.248. The quantitative estimate of drug-likeness (QED) is 0.458. The minimum Gasteiger partial charge on any atom is -0.399 e. The predicted octanol–water partition coefficient (Wildman–Crippen LogP) is 3.14. The Hall–Kier alpha value is -2.40. The van der Waals surface area contributed by atoms with Crippen LogP contribution in [-0.2, 0) is 28.6 Å². The Balaban J connectivity index is 2.72. The van der Waals surface area contributed by atoms with Gasteiger partial charge in [0.05, 0.1) is 12.2 Å². The van der Waals surface area contributed by atoms with Gasteiger partial charge in [0.2, 0.25) is 0 Å². The molecule has 0 radical (unpaired) electrons. The smallest absolute Gasteiger partial charge is 0.297 e. The molecule has 0 atom stereocenters. The van der Waals surface area contributed by atoms with Crippen molar-refractivity contribution in [3.8, 4) is 0 Å². The SMILES string of the molecule is C=C(c1ccc(N)cc1S(=O)(=O)OC(C)C)c1ccc(N)cc1S(=O)(=O)OC(C)C. The van der Waals surface area contributed by atoms with Crippen LogP contribution in [0.5, 0.6) is 0 Å². The Morgan fingerprint density at radius 1 is 0.767 bits per heavy atom. The third kappa shape index (κ3) is 5.39. The van der Waals surface area contributed by atoms with Crippen molar-refractivity contribution in [2.75, 3.05) is 11.5 Å². The molecule has 0 saturated heterocycles. The maximum absolute atomic E-state index is 12.8. The molecule has 8 nitrogen and oxygen atoms in total. The topological polar surface area (TPSA) is 139 Å². The third-order valence-electron chi connectivity index (χ3n) is 3.84. The zero-order valence-corrected chi connectivity index (χ0v) is 18.9. The number of nitrogen functional groups attached to an aromatic ring is 2. The van der Waals surface area contributed by atoms with E-state index >= 15 is 0 Å². The van der Waals surface area contributed by atoms with Crippen LogP contribution in [0.15, 0.2) is 52.8 Å². The Bertz CT molecular complexity index is 1080. The van der Waals surface area contributed by atoms with Crippen LogP contribution < -0.4 is 11.5 Å². The van der Waals surface area contributed by atoms with Gasteiger partial charge in [-0.15, -0.1) is 0 Å². The van der Waals surface area contributed by atoms with Crippen molar-refractivity contribution in [3.05, 3.63) is 54.1 Å². The first-order valence-electron chi connectivity index (χ1n) is 9.10. The maximum atomic E-state index is 12.8. The summed E-state index contributed by atoms with van der Waals surface area (Å²) in [7, 11) is -8.37. The summed E-state index contributed by atoms with van der Waals surface area (Å²) in [6.07, 6.45) is -1.21. The number of anilines is 2. The van der Waals surface area contributed by atoms with E-state index in [4.69, 9.17) is 19.8 Å². The van der Waals surface area contributed by atoms with Gasteiger partial charge in [-0.05, 0) is 57.5 Å². The van der Waals surface area contributed by atoms with Gasteiger partial charge in [0, 0.05) is 22.5 Å². The van der Waals surface area contributed by atoms with Crippen LogP contribution in [0.2, 0.25) is 0 Å². The molecule has 0 amide bonds. The van der Waals surface area contributed by atoms with Gasteiger partial charge >= 0.3 is 0 Å². The van der Waals surface area contributed by atoms with Crippen LogP contribution in [0.25, 0.3) is 5.57 Å². The van der Waals surface area contributed by atoms with E-state index in [2.05, 4.69) is 6.58 Å². The first-order chi connectivity index (χ1) is 13.7. The zero-order chi connectivity index (χ0) is 22.9. The predicted molar refractivity (Wildman–Crippen MR) is 117 cm³/mol. The second-order valence-electron chi connectivity index (χ2n) is 7.19. The molecule has 0 saturated carbocycles. The Labute approximate surface area is 177 Å². The standard InChI is InChI=1S/C20H26N2O6S2/c1-12(2)27-29(23,24)19-10-15(21)6-8-17(19)14(5)18-9-7-16(22)11-20(18)30(25,26)28-13(3)4/h6-13H,5,21-22H2,1-4H3. The van der Waals surface area contributed by atoms with Crippen molar-refractivity contribution in [1.82, 2.24) is 0 Å². The molecule has 0 spiro atoms. The minimum absolute atomic E-state index is 0.131. The van der Waals surface area contributed by atoms with E-state index in [1.165, 1.54) is 36.4 Å². The number of hydrogen-bond acceptors (Lipinski definition) is 8. The van der Waals surface area contributed by atoms with Crippen molar-refractivity contribution in [2.45, 2.75) is 49.7 Å². The van der Waals surface area contributed by atoms with Crippen LogP contribution in [0.3, 0.4) is 0 Å². The molecule has 0 aromatic heterocycles. The fraction of sp³-hybridized carbons (Fsp3) is 0.300. The summed E-state index contributed by atoms with van der Waals surface area (Å²) in [5.74, 6) is 0. The lowest BCUT2D eigenvalue weighted by Crippen LogP contribution is -2.16. The zero-order valence-electron chi connectivity index (χ0n) is 17.2. The van der Waals surface area contributed by atoms with E-state index in [9.17, 15) is 16.8 Å².